The summed E-state index contributed by atoms with van der Waals surface area (Å²) >= 11 is 0. The molecule has 0 radical (unpaired) electrons. The highest BCUT2D eigenvalue weighted by Crippen LogP contribution is 2.25. The Labute approximate surface area is 124 Å². The molecule has 20 heavy (non-hydrogen) atoms. The van der Waals surface area contributed by atoms with Gasteiger partial charge < -0.3 is 15.1 Å². The summed E-state index contributed by atoms with van der Waals surface area (Å²) in [5.74, 6) is 0. The average Bonchev–Trinajstić information content (AvgIpc) is 2.44. The van der Waals surface area contributed by atoms with Crippen LogP contribution in [0.4, 0.5) is 5.69 Å². The molecule has 2 rings (SSSR count). The van der Waals surface area contributed by atoms with Gasteiger partial charge in [0.1, 0.15) is 0 Å². The number of nitrogens with one attached hydrogen (secondary N) is 1. The summed E-state index contributed by atoms with van der Waals surface area (Å²) in [5.41, 5.74) is 4.14. The third-order valence-electron chi connectivity index (χ3n) is 4.37. The second-order valence-electron chi connectivity index (χ2n) is 6.07. The molecule has 0 aliphatic carbocycles. The first-order valence-corrected chi connectivity index (χ1v) is 7.83. The molecule has 1 saturated heterocycles. The number of hydrogen-bond donors (Lipinski definition) is 1. The van der Waals surface area contributed by atoms with Gasteiger partial charge in [0.2, 0.25) is 0 Å². The van der Waals surface area contributed by atoms with Crippen molar-refractivity contribution in [1.29, 1.82) is 0 Å². The highest BCUT2D eigenvalue weighted by Gasteiger charge is 2.22. The van der Waals surface area contributed by atoms with Crippen LogP contribution in [0.2, 0.25) is 0 Å². The molecular weight excluding hydrogens is 246 g/mol. The highest BCUT2D eigenvalue weighted by atomic mass is 15.2. The van der Waals surface area contributed by atoms with Gasteiger partial charge in [0.15, 0.2) is 0 Å². The molecule has 112 valence electrons. The minimum atomic E-state index is 0.645. The number of likely N-dealkylation sites (tertiary alicyclic amines) is 1. The minimum absolute atomic E-state index is 0.645. The van der Waals surface area contributed by atoms with E-state index >= 15 is 0 Å². The van der Waals surface area contributed by atoms with Gasteiger partial charge >= 0.3 is 0 Å². The number of anilines is 1. The molecule has 0 amide bonds. The summed E-state index contributed by atoms with van der Waals surface area (Å²) in [7, 11) is 4.47. The molecule has 0 saturated carbocycles. The van der Waals surface area contributed by atoms with Gasteiger partial charge in [-0.05, 0) is 57.1 Å². The van der Waals surface area contributed by atoms with E-state index in [1.165, 1.54) is 42.7 Å². The van der Waals surface area contributed by atoms with Crippen molar-refractivity contribution in [3.05, 3.63) is 29.3 Å². The van der Waals surface area contributed by atoms with E-state index in [1.807, 2.05) is 0 Å². The largest absolute Gasteiger partial charge is 0.370 e. The molecule has 1 aromatic carbocycles. The maximum Gasteiger partial charge on any atom is 0.0414 e. The van der Waals surface area contributed by atoms with Crippen LogP contribution in [-0.4, -0.2) is 44.7 Å². The van der Waals surface area contributed by atoms with Crippen LogP contribution in [0.5, 0.6) is 0 Å². The molecule has 1 aliphatic rings. The lowest BCUT2D eigenvalue weighted by Crippen LogP contribution is -2.45. The molecule has 1 atom stereocenters. The molecule has 0 aromatic heterocycles. The van der Waals surface area contributed by atoms with E-state index in [-0.39, 0.29) is 0 Å². The molecule has 1 heterocycles. The number of benzene rings is 1. The van der Waals surface area contributed by atoms with Crippen molar-refractivity contribution in [2.24, 2.45) is 0 Å². The van der Waals surface area contributed by atoms with Crippen molar-refractivity contribution in [2.75, 3.05) is 38.6 Å². The van der Waals surface area contributed by atoms with E-state index in [1.54, 1.807) is 0 Å². The zero-order valence-electron chi connectivity index (χ0n) is 13.4. The molecule has 1 unspecified atom stereocenters. The predicted molar refractivity (Wildman–Crippen MR) is 87.5 cm³/mol. The van der Waals surface area contributed by atoms with Crippen LogP contribution in [0.1, 0.15) is 30.9 Å². The molecule has 1 fully saturated rings. The van der Waals surface area contributed by atoms with E-state index < -0.39 is 0 Å². The van der Waals surface area contributed by atoms with E-state index in [0.717, 1.165) is 13.1 Å². The van der Waals surface area contributed by atoms with Crippen LogP contribution >= 0.6 is 0 Å². The monoisotopic (exact) mass is 275 g/mol. The Kier molecular flexibility index (Phi) is 5.44. The van der Waals surface area contributed by atoms with Crippen molar-refractivity contribution in [2.45, 2.75) is 39.3 Å². The van der Waals surface area contributed by atoms with Crippen LogP contribution in [0.25, 0.3) is 0 Å². The molecule has 3 heteroatoms. The second kappa shape index (κ2) is 7.09. The van der Waals surface area contributed by atoms with Gasteiger partial charge in [-0.2, -0.15) is 0 Å². The SMILES string of the molecule is CCNCc1ccc(N(C)C2CCCN(C)C2)c(C)c1. The zero-order chi connectivity index (χ0) is 14.5. The van der Waals surface area contributed by atoms with Gasteiger partial charge in [0, 0.05) is 31.9 Å². The van der Waals surface area contributed by atoms with Crippen LogP contribution in [0.15, 0.2) is 18.2 Å². The Morgan fingerprint density at radius 2 is 2.20 bits per heavy atom. The van der Waals surface area contributed by atoms with Crippen molar-refractivity contribution >= 4 is 5.69 Å². The number of aryl methyl sites for hydroxylation is 1. The number of nitrogens with zero attached hydrogens (tertiary/aromatic N) is 2. The average molecular weight is 275 g/mol. The quantitative estimate of drug-likeness (QED) is 0.891. The van der Waals surface area contributed by atoms with Crippen molar-refractivity contribution in [3.63, 3.8) is 0 Å². The number of hydrogen-bond acceptors (Lipinski definition) is 3. The first kappa shape index (κ1) is 15.3. The lowest BCUT2D eigenvalue weighted by molar-refractivity contribution is 0.248. The summed E-state index contributed by atoms with van der Waals surface area (Å²) in [6, 6.07) is 7.51. The van der Waals surface area contributed by atoms with Crippen LogP contribution in [0.3, 0.4) is 0 Å². The van der Waals surface area contributed by atoms with E-state index in [2.05, 4.69) is 61.3 Å². The predicted octanol–water partition coefficient (Wildman–Crippen LogP) is 2.63. The summed E-state index contributed by atoms with van der Waals surface area (Å²) in [5, 5.41) is 3.39. The number of rotatable bonds is 5. The highest BCUT2D eigenvalue weighted by molar-refractivity contribution is 5.54. The van der Waals surface area contributed by atoms with E-state index in [0.29, 0.717) is 6.04 Å². The first-order valence-electron chi connectivity index (χ1n) is 7.83. The molecule has 1 N–H and O–H groups in total. The van der Waals surface area contributed by atoms with E-state index in [4.69, 9.17) is 0 Å². The lowest BCUT2D eigenvalue weighted by atomic mass is 10.0. The third kappa shape index (κ3) is 3.74. The maximum absolute atomic E-state index is 3.39. The number of piperidine rings is 1. The lowest BCUT2D eigenvalue weighted by Gasteiger charge is -2.37. The fourth-order valence-corrected chi connectivity index (χ4v) is 3.14. The van der Waals surface area contributed by atoms with Gasteiger partial charge in [-0.3, -0.25) is 0 Å². The second-order valence-corrected chi connectivity index (χ2v) is 6.07. The zero-order valence-corrected chi connectivity index (χ0v) is 13.4. The minimum Gasteiger partial charge on any atom is -0.370 e. The molecular formula is C17H29N3. The maximum atomic E-state index is 3.39. The summed E-state index contributed by atoms with van der Waals surface area (Å²) in [6.07, 6.45) is 2.61. The normalized spacial score (nSPS) is 20.1. The Balaban J connectivity index is 2.07. The smallest absolute Gasteiger partial charge is 0.0414 e. The Morgan fingerprint density at radius 3 is 2.85 bits per heavy atom. The van der Waals surface area contributed by atoms with Gasteiger partial charge in [0.25, 0.3) is 0 Å². The van der Waals surface area contributed by atoms with Crippen LogP contribution in [-0.2, 0) is 6.54 Å². The van der Waals surface area contributed by atoms with Crippen LogP contribution in [0, 0.1) is 6.92 Å². The molecule has 3 nitrogen and oxygen atoms in total. The molecule has 0 bridgehead atoms. The molecule has 1 aliphatic heterocycles. The van der Waals surface area contributed by atoms with Gasteiger partial charge in [-0.1, -0.05) is 19.1 Å². The van der Waals surface area contributed by atoms with Crippen molar-refractivity contribution in [1.82, 2.24) is 10.2 Å². The van der Waals surface area contributed by atoms with Crippen LogP contribution < -0.4 is 10.2 Å². The van der Waals surface area contributed by atoms with E-state index in [9.17, 15) is 0 Å². The summed E-state index contributed by atoms with van der Waals surface area (Å²) in [6.45, 7) is 8.78. The topological polar surface area (TPSA) is 18.5 Å². The summed E-state index contributed by atoms with van der Waals surface area (Å²) < 4.78 is 0. The first-order chi connectivity index (χ1) is 9.61. The Morgan fingerprint density at radius 1 is 1.40 bits per heavy atom. The standard InChI is InChI=1S/C17H29N3/c1-5-18-12-15-8-9-17(14(2)11-15)20(4)16-7-6-10-19(3)13-16/h8-9,11,16,18H,5-7,10,12-13H2,1-4H3. The fraction of sp³-hybridized carbons (Fsp3) is 0.647. The van der Waals surface area contributed by atoms with Crippen molar-refractivity contribution < 1.29 is 0 Å². The number of likely N-dealkylation sites (N-methyl/N-ethyl adjacent to an activating group) is 2. The van der Waals surface area contributed by atoms with Crippen molar-refractivity contribution in [3.8, 4) is 0 Å². The van der Waals surface area contributed by atoms with Gasteiger partial charge in [0.05, 0.1) is 0 Å². The summed E-state index contributed by atoms with van der Waals surface area (Å²) in [4.78, 5) is 4.92. The molecule has 1 aromatic rings. The third-order valence-corrected chi connectivity index (χ3v) is 4.37. The fourth-order valence-electron chi connectivity index (χ4n) is 3.14. The molecule has 0 spiro atoms. The Hall–Kier alpha value is -1.06. The van der Waals surface area contributed by atoms with Gasteiger partial charge in [-0.15, -0.1) is 0 Å². The Bertz CT molecular complexity index is 430. The van der Waals surface area contributed by atoms with Gasteiger partial charge in [-0.25, -0.2) is 0 Å².